The maximum atomic E-state index is 11.4. The largest absolute Gasteiger partial charge is 0.393 e. The Labute approximate surface area is 96.6 Å². The van der Waals surface area contributed by atoms with E-state index in [1.54, 1.807) is 13.8 Å². The summed E-state index contributed by atoms with van der Waals surface area (Å²) >= 11 is 0. The lowest BCUT2D eigenvalue weighted by molar-refractivity contribution is -0.128. The van der Waals surface area contributed by atoms with E-state index in [1.165, 1.54) is 0 Å². The molecule has 2 atom stereocenters. The number of aliphatic hydroxyl groups is 1. The van der Waals surface area contributed by atoms with Gasteiger partial charge >= 0.3 is 0 Å². The molecule has 0 bridgehead atoms. The van der Waals surface area contributed by atoms with Crippen molar-refractivity contribution in [3.8, 4) is 0 Å². The Morgan fingerprint density at radius 2 is 1.94 bits per heavy atom. The van der Waals surface area contributed by atoms with E-state index in [0.29, 0.717) is 13.0 Å². The minimum atomic E-state index is -0.520. The Morgan fingerprint density at radius 3 is 2.44 bits per heavy atom. The van der Waals surface area contributed by atoms with Crippen LogP contribution in [0.15, 0.2) is 0 Å². The number of carbonyl (C=O) groups excluding carboxylic acids is 2. The van der Waals surface area contributed by atoms with Gasteiger partial charge in [0.1, 0.15) is 6.04 Å². The van der Waals surface area contributed by atoms with Crippen LogP contribution in [0, 0.1) is 0 Å². The van der Waals surface area contributed by atoms with Gasteiger partial charge in [-0.25, -0.2) is 0 Å². The lowest BCUT2D eigenvalue weighted by Crippen LogP contribution is -2.45. The van der Waals surface area contributed by atoms with Crippen LogP contribution in [0.1, 0.15) is 40.0 Å². The first-order chi connectivity index (χ1) is 7.47. The second-order valence-electron chi connectivity index (χ2n) is 3.97. The van der Waals surface area contributed by atoms with Crippen molar-refractivity contribution < 1.29 is 14.7 Å². The van der Waals surface area contributed by atoms with Gasteiger partial charge in [-0.15, -0.1) is 0 Å². The smallest absolute Gasteiger partial charge is 0.242 e. The maximum Gasteiger partial charge on any atom is 0.242 e. The summed E-state index contributed by atoms with van der Waals surface area (Å²) in [5.41, 5.74) is 0. The fraction of sp³-hybridized carbons (Fsp3) is 0.818. The Balaban J connectivity index is 3.80. The van der Waals surface area contributed by atoms with Gasteiger partial charge in [0, 0.05) is 13.0 Å². The molecular formula is C11H22N2O3. The Kier molecular flexibility index (Phi) is 7.54. The van der Waals surface area contributed by atoms with Gasteiger partial charge in [-0.1, -0.05) is 6.92 Å². The molecule has 94 valence electrons. The van der Waals surface area contributed by atoms with Crippen LogP contribution in [-0.2, 0) is 9.59 Å². The molecule has 0 saturated carbocycles. The van der Waals surface area contributed by atoms with E-state index >= 15 is 0 Å². The van der Waals surface area contributed by atoms with Crippen molar-refractivity contribution in [3.05, 3.63) is 0 Å². The van der Waals surface area contributed by atoms with Gasteiger partial charge in [0.05, 0.1) is 6.10 Å². The van der Waals surface area contributed by atoms with Crippen molar-refractivity contribution in [1.29, 1.82) is 0 Å². The Bertz CT molecular complexity index is 229. The summed E-state index contributed by atoms with van der Waals surface area (Å²) in [4.78, 5) is 22.7. The summed E-state index contributed by atoms with van der Waals surface area (Å²) < 4.78 is 0. The van der Waals surface area contributed by atoms with Crippen molar-refractivity contribution in [2.24, 2.45) is 0 Å². The molecule has 0 radical (unpaired) electrons. The summed E-state index contributed by atoms with van der Waals surface area (Å²) in [6.07, 6.45) is 1.03. The van der Waals surface area contributed by atoms with E-state index in [4.69, 9.17) is 5.11 Å². The van der Waals surface area contributed by atoms with E-state index in [2.05, 4.69) is 10.6 Å². The molecule has 0 heterocycles. The van der Waals surface area contributed by atoms with Gasteiger partial charge in [0.15, 0.2) is 0 Å². The number of nitrogens with one attached hydrogen (secondary N) is 2. The van der Waals surface area contributed by atoms with Crippen LogP contribution in [-0.4, -0.2) is 35.6 Å². The third-order valence-corrected chi connectivity index (χ3v) is 2.11. The van der Waals surface area contributed by atoms with Crippen LogP contribution in [0.4, 0.5) is 0 Å². The van der Waals surface area contributed by atoms with E-state index in [9.17, 15) is 9.59 Å². The van der Waals surface area contributed by atoms with Gasteiger partial charge in [0.2, 0.25) is 11.8 Å². The third kappa shape index (κ3) is 7.23. The van der Waals surface area contributed by atoms with Crippen LogP contribution in [0.5, 0.6) is 0 Å². The molecule has 0 aliphatic heterocycles. The monoisotopic (exact) mass is 230 g/mol. The van der Waals surface area contributed by atoms with Gasteiger partial charge < -0.3 is 15.7 Å². The number of rotatable bonds is 7. The lowest BCUT2D eigenvalue weighted by Gasteiger charge is -2.14. The zero-order valence-corrected chi connectivity index (χ0v) is 10.2. The average molecular weight is 230 g/mol. The first-order valence-corrected chi connectivity index (χ1v) is 5.72. The predicted octanol–water partition coefficient (Wildman–Crippen LogP) is 0.178. The second kappa shape index (κ2) is 8.10. The SMILES string of the molecule is CCCNC(=O)C(C)NC(=O)CCC(C)O. The first-order valence-electron chi connectivity index (χ1n) is 5.72. The zero-order valence-electron chi connectivity index (χ0n) is 10.2. The molecule has 0 aliphatic carbocycles. The number of hydrogen-bond donors (Lipinski definition) is 3. The highest BCUT2D eigenvalue weighted by Crippen LogP contribution is 1.96. The van der Waals surface area contributed by atoms with Gasteiger partial charge in [0.25, 0.3) is 0 Å². The number of amides is 2. The second-order valence-corrected chi connectivity index (χ2v) is 3.97. The van der Waals surface area contributed by atoms with Crippen LogP contribution in [0.3, 0.4) is 0 Å². The van der Waals surface area contributed by atoms with Crippen LogP contribution in [0.2, 0.25) is 0 Å². The highest BCUT2D eigenvalue weighted by Gasteiger charge is 2.14. The highest BCUT2D eigenvalue weighted by molar-refractivity contribution is 5.87. The molecule has 0 saturated heterocycles. The predicted molar refractivity (Wildman–Crippen MR) is 61.8 cm³/mol. The van der Waals surface area contributed by atoms with E-state index < -0.39 is 12.1 Å². The minimum absolute atomic E-state index is 0.174. The standard InChI is InChI=1S/C11H22N2O3/c1-4-7-12-11(16)9(3)13-10(15)6-5-8(2)14/h8-9,14H,4-7H2,1-3H3,(H,12,16)(H,13,15). The fourth-order valence-corrected chi connectivity index (χ4v) is 1.12. The summed E-state index contributed by atoms with van der Waals surface area (Å²) in [6, 6.07) is -0.520. The average Bonchev–Trinajstić information content (AvgIpc) is 2.22. The molecule has 2 amide bonds. The molecule has 0 aliphatic rings. The van der Waals surface area contributed by atoms with Gasteiger partial charge in [-0.2, -0.15) is 0 Å². The van der Waals surface area contributed by atoms with E-state index in [1.807, 2.05) is 6.92 Å². The summed E-state index contributed by atoms with van der Waals surface area (Å²) in [5, 5.41) is 14.3. The highest BCUT2D eigenvalue weighted by atomic mass is 16.3. The molecule has 3 N–H and O–H groups in total. The van der Waals surface area contributed by atoms with Gasteiger partial charge in [-0.05, 0) is 26.7 Å². The lowest BCUT2D eigenvalue weighted by atomic mass is 10.2. The van der Waals surface area contributed by atoms with E-state index in [0.717, 1.165) is 6.42 Å². The molecular weight excluding hydrogens is 208 g/mol. The maximum absolute atomic E-state index is 11.4. The van der Waals surface area contributed by atoms with E-state index in [-0.39, 0.29) is 18.2 Å². The van der Waals surface area contributed by atoms with Crippen LogP contribution >= 0.6 is 0 Å². The molecule has 0 aromatic heterocycles. The summed E-state index contributed by atoms with van der Waals surface area (Å²) in [7, 11) is 0. The molecule has 0 rings (SSSR count). The van der Waals surface area contributed by atoms with Crippen LogP contribution < -0.4 is 10.6 Å². The zero-order chi connectivity index (χ0) is 12.6. The molecule has 0 aromatic rings. The normalized spacial score (nSPS) is 14.0. The Morgan fingerprint density at radius 1 is 1.31 bits per heavy atom. The van der Waals surface area contributed by atoms with Crippen molar-refractivity contribution in [3.63, 3.8) is 0 Å². The summed E-state index contributed by atoms with van der Waals surface area (Å²) in [5.74, 6) is -0.382. The molecule has 5 heteroatoms. The van der Waals surface area contributed by atoms with Crippen molar-refractivity contribution in [2.45, 2.75) is 52.2 Å². The molecule has 16 heavy (non-hydrogen) atoms. The molecule has 0 spiro atoms. The molecule has 2 unspecified atom stereocenters. The number of aliphatic hydroxyl groups excluding tert-OH is 1. The molecule has 0 fully saturated rings. The van der Waals surface area contributed by atoms with Crippen molar-refractivity contribution in [1.82, 2.24) is 10.6 Å². The first kappa shape index (κ1) is 14.9. The van der Waals surface area contributed by atoms with Crippen molar-refractivity contribution in [2.75, 3.05) is 6.54 Å². The van der Waals surface area contributed by atoms with Crippen LogP contribution in [0.25, 0.3) is 0 Å². The molecule has 5 nitrogen and oxygen atoms in total. The molecule has 0 aromatic carbocycles. The number of hydrogen-bond acceptors (Lipinski definition) is 3. The third-order valence-electron chi connectivity index (χ3n) is 2.11. The topological polar surface area (TPSA) is 78.4 Å². The fourth-order valence-electron chi connectivity index (χ4n) is 1.12. The minimum Gasteiger partial charge on any atom is -0.393 e. The van der Waals surface area contributed by atoms with Crippen molar-refractivity contribution >= 4 is 11.8 Å². The summed E-state index contributed by atoms with van der Waals surface area (Å²) in [6.45, 7) is 5.86. The van der Waals surface area contributed by atoms with Gasteiger partial charge in [-0.3, -0.25) is 9.59 Å². The number of carbonyl (C=O) groups is 2. The Hall–Kier alpha value is -1.10. The quantitative estimate of drug-likeness (QED) is 0.583.